The van der Waals surface area contributed by atoms with Crippen LogP contribution in [0.5, 0.6) is 0 Å². The monoisotopic (exact) mass is 323 g/mol. The molecule has 1 aromatic rings. The van der Waals surface area contributed by atoms with Crippen LogP contribution in [-0.4, -0.2) is 23.9 Å². The van der Waals surface area contributed by atoms with E-state index in [-0.39, 0.29) is 10.8 Å². The van der Waals surface area contributed by atoms with Gasteiger partial charge in [0.1, 0.15) is 0 Å². The molecule has 5 rings (SSSR count). The fourth-order valence-electron chi connectivity index (χ4n) is 5.40. The van der Waals surface area contributed by atoms with Crippen molar-refractivity contribution in [3.05, 3.63) is 35.4 Å². The number of rotatable bonds is 2. The van der Waals surface area contributed by atoms with E-state index in [9.17, 15) is 4.79 Å². The lowest BCUT2D eigenvalue weighted by atomic mass is 9.71. The Morgan fingerprint density at radius 3 is 2.33 bits per heavy atom. The summed E-state index contributed by atoms with van der Waals surface area (Å²) in [4.78, 5) is 15.0. The summed E-state index contributed by atoms with van der Waals surface area (Å²) in [5.41, 5.74) is 3.98. The van der Waals surface area contributed by atoms with Crippen LogP contribution in [0.3, 0.4) is 0 Å². The minimum atomic E-state index is 0.208. The lowest BCUT2D eigenvalue weighted by Gasteiger charge is -2.37. The number of likely N-dealkylation sites (tertiary alicyclic amines) is 1. The third kappa shape index (κ3) is 2.11. The Bertz CT molecular complexity index is 686. The zero-order valence-corrected chi connectivity index (χ0v) is 15.3. The fraction of sp³-hybridized carbons (Fsp3) is 0.682. The molecule has 2 nitrogen and oxygen atoms in total. The molecule has 0 aromatic heterocycles. The third-order valence-corrected chi connectivity index (χ3v) is 7.45. The predicted octanol–water partition coefficient (Wildman–Crippen LogP) is 4.27. The topological polar surface area (TPSA) is 20.3 Å². The molecule has 2 heteroatoms. The number of hydrogen-bond donors (Lipinski definition) is 0. The van der Waals surface area contributed by atoms with E-state index < -0.39 is 0 Å². The highest BCUT2D eigenvalue weighted by Crippen LogP contribution is 2.64. The zero-order chi connectivity index (χ0) is 16.7. The highest BCUT2D eigenvalue weighted by atomic mass is 16.2. The van der Waals surface area contributed by atoms with E-state index in [0.717, 1.165) is 13.1 Å². The van der Waals surface area contributed by atoms with Crippen LogP contribution in [0.4, 0.5) is 0 Å². The second-order valence-corrected chi connectivity index (χ2v) is 10.2. The molecule has 0 bridgehead atoms. The predicted molar refractivity (Wildman–Crippen MR) is 95.9 cm³/mol. The molecule has 0 radical (unpaired) electrons. The van der Waals surface area contributed by atoms with Crippen LogP contribution in [0.2, 0.25) is 0 Å². The summed E-state index contributed by atoms with van der Waals surface area (Å²) in [6, 6.07) is 9.26. The van der Waals surface area contributed by atoms with Crippen molar-refractivity contribution in [1.29, 1.82) is 0 Å². The van der Waals surface area contributed by atoms with E-state index in [1.807, 2.05) is 0 Å². The average molecular weight is 323 g/mol. The van der Waals surface area contributed by atoms with E-state index in [1.165, 1.54) is 43.2 Å². The highest BCUT2D eigenvalue weighted by Gasteiger charge is 2.63. The molecule has 128 valence electrons. The van der Waals surface area contributed by atoms with Crippen molar-refractivity contribution in [2.24, 2.45) is 17.3 Å². The summed E-state index contributed by atoms with van der Waals surface area (Å²) in [5.74, 6) is 1.52. The second kappa shape index (κ2) is 4.45. The van der Waals surface area contributed by atoms with Crippen molar-refractivity contribution in [3.63, 3.8) is 0 Å². The molecule has 1 saturated heterocycles. The summed E-state index contributed by atoms with van der Waals surface area (Å²) >= 11 is 0. The van der Waals surface area contributed by atoms with E-state index >= 15 is 0 Å². The van der Waals surface area contributed by atoms with Crippen LogP contribution in [0, 0.1) is 17.3 Å². The first kappa shape index (κ1) is 15.0. The van der Waals surface area contributed by atoms with E-state index in [4.69, 9.17) is 0 Å². The van der Waals surface area contributed by atoms with Crippen LogP contribution in [-0.2, 0) is 15.6 Å². The van der Waals surface area contributed by atoms with Crippen molar-refractivity contribution in [2.45, 2.75) is 63.7 Å². The van der Waals surface area contributed by atoms with Crippen LogP contribution >= 0.6 is 0 Å². The SMILES string of the molecule is CC(C)(C)c1ccc(C23CC2CN(C(=O)C2CC4(CC4)C2)C3)cc1. The first-order chi connectivity index (χ1) is 11.3. The Morgan fingerprint density at radius 1 is 1.08 bits per heavy atom. The molecule has 0 N–H and O–H groups in total. The highest BCUT2D eigenvalue weighted by molar-refractivity contribution is 5.81. The van der Waals surface area contributed by atoms with Gasteiger partial charge >= 0.3 is 0 Å². The third-order valence-electron chi connectivity index (χ3n) is 7.45. The Kier molecular flexibility index (Phi) is 2.78. The van der Waals surface area contributed by atoms with Gasteiger partial charge in [-0.25, -0.2) is 0 Å². The summed E-state index contributed by atoms with van der Waals surface area (Å²) in [6.45, 7) is 8.77. The summed E-state index contributed by atoms with van der Waals surface area (Å²) in [6.07, 6.45) is 6.40. The Hall–Kier alpha value is -1.31. The molecule has 1 spiro atoms. The normalized spacial score (nSPS) is 33.3. The van der Waals surface area contributed by atoms with Gasteiger partial charge in [-0.05, 0) is 60.0 Å². The zero-order valence-electron chi connectivity index (χ0n) is 15.3. The Morgan fingerprint density at radius 2 is 1.75 bits per heavy atom. The molecule has 3 aliphatic carbocycles. The number of hydrogen-bond acceptors (Lipinski definition) is 1. The smallest absolute Gasteiger partial charge is 0.225 e. The number of carbonyl (C=O) groups is 1. The van der Waals surface area contributed by atoms with Crippen molar-refractivity contribution in [2.75, 3.05) is 13.1 Å². The van der Waals surface area contributed by atoms with Gasteiger partial charge in [0.15, 0.2) is 0 Å². The molecular formula is C22H29NO. The van der Waals surface area contributed by atoms with Gasteiger partial charge < -0.3 is 4.90 Å². The molecule has 1 amide bonds. The molecule has 4 aliphatic rings. The van der Waals surface area contributed by atoms with Crippen LogP contribution in [0.15, 0.2) is 24.3 Å². The summed E-state index contributed by atoms with van der Waals surface area (Å²) < 4.78 is 0. The van der Waals surface area contributed by atoms with E-state index in [2.05, 4.69) is 49.9 Å². The lowest BCUT2D eigenvalue weighted by molar-refractivity contribution is -0.140. The minimum Gasteiger partial charge on any atom is -0.341 e. The van der Waals surface area contributed by atoms with Crippen molar-refractivity contribution < 1.29 is 4.79 Å². The molecule has 1 aromatic carbocycles. The van der Waals surface area contributed by atoms with Gasteiger partial charge in [-0.15, -0.1) is 0 Å². The quantitative estimate of drug-likeness (QED) is 0.796. The number of nitrogens with zero attached hydrogens (tertiary/aromatic N) is 1. The number of carbonyl (C=O) groups excluding carboxylic acids is 1. The first-order valence-electron chi connectivity index (χ1n) is 9.71. The maximum Gasteiger partial charge on any atom is 0.225 e. The minimum absolute atomic E-state index is 0.208. The Labute approximate surface area is 145 Å². The van der Waals surface area contributed by atoms with Gasteiger partial charge in [-0.1, -0.05) is 45.0 Å². The molecule has 2 unspecified atom stereocenters. The molecule has 2 atom stereocenters. The maximum atomic E-state index is 12.8. The van der Waals surface area contributed by atoms with Gasteiger partial charge in [0.05, 0.1) is 0 Å². The molecular weight excluding hydrogens is 294 g/mol. The van der Waals surface area contributed by atoms with Crippen molar-refractivity contribution >= 4 is 5.91 Å². The standard InChI is InChI=1S/C22H29NO/c1-20(2,3)16-4-6-17(7-5-16)22-12-18(22)13-23(14-22)19(24)15-10-21(11-15)8-9-21/h4-7,15,18H,8-14H2,1-3H3. The second-order valence-electron chi connectivity index (χ2n) is 10.2. The molecule has 4 fully saturated rings. The van der Waals surface area contributed by atoms with Crippen LogP contribution in [0.25, 0.3) is 0 Å². The van der Waals surface area contributed by atoms with Gasteiger partial charge in [0, 0.05) is 24.4 Å². The number of piperidine rings is 1. The molecule has 3 saturated carbocycles. The van der Waals surface area contributed by atoms with E-state index in [0.29, 0.717) is 23.2 Å². The van der Waals surface area contributed by atoms with Crippen molar-refractivity contribution in [3.8, 4) is 0 Å². The van der Waals surface area contributed by atoms with Gasteiger partial charge in [0.2, 0.25) is 5.91 Å². The summed E-state index contributed by atoms with van der Waals surface area (Å²) in [5, 5.41) is 0. The average Bonchev–Trinajstić information content (AvgIpc) is 3.41. The number of amides is 1. The van der Waals surface area contributed by atoms with Gasteiger partial charge in [-0.3, -0.25) is 4.79 Å². The fourth-order valence-corrected chi connectivity index (χ4v) is 5.40. The lowest BCUT2D eigenvalue weighted by Crippen LogP contribution is -2.43. The number of fused-ring (bicyclic) bond motifs is 1. The molecule has 1 heterocycles. The summed E-state index contributed by atoms with van der Waals surface area (Å²) in [7, 11) is 0. The van der Waals surface area contributed by atoms with Crippen LogP contribution in [0.1, 0.15) is 64.0 Å². The van der Waals surface area contributed by atoms with Gasteiger partial charge in [0.25, 0.3) is 0 Å². The molecule has 24 heavy (non-hydrogen) atoms. The maximum absolute atomic E-state index is 12.8. The first-order valence-corrected chi connectivity index (χ1v) is 9.71. The van der Waals surface area contributed by atoms with Gasteiger partial charge in [-0.2, -0.15) is 0 Å². The number of benzene rings is 1. The molecule has 1 aliphatic heterocycles. The van der Waals surface area contributed by atoms with E-state index in [1.54, 1.807) is 0 Å². The van der Waals surface area contributed by atoms with Crippen molar-refractivity contribution in [1.82, 2.24) is 4.90 Å². The Balaban J connectivity index is 1.29. The van der Waals surface area contributed by atoms with Crippen LogP contribution < -0.4 is 0 Å². The largest absolute Gasteiger partial charge is 0.341 e.